The van der Waals surface area contributed by atoms with E-state index in [2.05, 4.69) is 151 Å². The molecular weight excluding hydrogens is 1220 g/mol. The van der Waals surface area contributed by atoms with Crippen LogP contribution in [0.15, 0.2) is 109 Å². The van der Waals surface area contributed by atoms with Gasteiger partial charge in [0.2, 0.25) is 0 Å². The van der Waals surface area contributed by atoms with E-state index >= 15 is 0 Å². The number of rotatable bonds is 33. The van der Waals surface area contributed by atoms with Gasteiger partial charge < -0.3 is 18.9 Å². The van der Waals surface area contributed by atoms with E-state index in [4.69, 9.17) is 27.7 Å². The molecule has 0 saturated heterocycles. The number of benzene rings is 2. The fourth-order valence-corrected chi connectivity index (χ4v) is 20.0. The third-order valence-corrected chi connectivity index (χ3v) is 25.5. The van der Waals surface area contributed by atoms with Crippen molar-refractivity contribution in [1.29, 1.82) is 0 Å². The predicted octanol–water partition coefficient (Wildman–Crippen LogP) is 25.6. The lowest BCUT2D eigenvalue weighted by molar-refractivity contribution is 0.307. The molecule has 2 aromatic carbocycles. The van der Waals surface area contributed by atoms with Crippen LogP contribution in [0.4, 0.5) is 0 Å². The van der Waals surface area contributed by atoms with Crippen molar-refractivity contribution in [2.24, 2.45) is 0 Å². The Kier molecular flexibility index (Phi) is 22.0. The van der Waals surface area contributed by atoms with E-state index in [-0.39, 0.29) is 0 Å². The number of unbranched alkanes of at least 4 members (excludes halogenated alkanes) is 12. The quantitative estimate of drug-likeness (QED) is 0.0382. The molecule has 0 N–H and O–H groups in total. The van der Waals surface area contributed by atoms with Gasteiger partial charge in [0.1, 0.15) is 34.0 Å². The van der Waals surface area contributed by atoms with E-state index < -0.39 is 0 Å². The molecule has 9 heterocycles. The number of hydrogen-bond acceptors (Lipinski definition) is 15. The lowest BCUT2D eigenvalue weighted by Gasteiger charge is -2.06. The van der Waals surface area contributed by atoms with Crippen LogP contribution in [0.5, 0.6) is 23.0 Å². The zero-order valence-electron chi connectivity index (χ0n) is 49.7. The standard InChI is InChI=1S/C70H76N2O4S9/c1-7-11-15-19-36-73-50-41-46(6)77-67(50)58-32-28-54(78-58)55-30-34-60(80-55)69-52(75-38-21-17-13-9-3)43-63(83-69)48-26-27-49(66-65(48)71-85-72-66)64-44-53(76-39-22-18-14-10-4)70(84-64)61-35-31-57(81-61)56-29-33-59(79-56)68-51(74-37-20-16-12-8-2)42-62(82-68)47-25-23-24-45(5)40-47/h23-35,40-44H,7-22,36-39H2,1-6H3. The van der Waals surface area contributed by atoms with Crippen LogP contribution in [-0.4, -0.2) is 35.2 Å². The summed E-state index contributed by atoms with van der Waals surface area (Å²) in [5, 5.41) is 0. The molecule has 9 aromatic heterocycles. The second-order valence-corrected chi connectivity index (χ2v) is 31.0. The predicted molar refractivity (Wildman–Crippen MR) is 377 cm³/mol. The van der Waals surface area contributed by atoms with Crippen LogP contribution < -0.4 is 18.9 Å². The molecule has 0 aliphatic heterocycles. The molecule has 0 fully saturated rings. The van der Waals surface area contributed by atoms with Gasteiger partial charge in [0, 0.05) is 69.7 Å². The molecule has 0 bridgehead atoms. The number of aryl methyl sites for hydroxylation is 2. The van der Waals surface area contributed by atoms with Crippen LogP contribution in [0.1, 0.15) is 141 Å². The van der Waals surface area contributed by atoms with E-state index in [1.807, 2.05) is 68.0 Å². The van der Waals surface area contributed by atoms with E-state index in [9.17, 15) is 0 Å². The molecule has 444 valence electrons. The minimum absolute atomic E-state index is 0.685. The normalized spacial score (nSPS) is 11.6. The molecular formula is C70H76N2O4S9. The maximum absolute atomic E-state index is 6.77. The molecule has 0 amide bonds. The highest BCUT2D eigenvalue weighted by atomic mass is 32.1. The van der Waals surface area contributed by atoms with Crippen molar-refractivity contribution in [3.05, 3.63) is 120 Å². The summed E-state index contributed by atoms with van der Waals surface area (Å²) in [5.74, 6) is 3.88. The Bertz CT molecular complexity index is 3890. The van der Waals surface area contributed by atoms with Crippen molar-refractivity contribution in [1.82, 2.24) is 8.75 Å². The molecule has 0 spiro atoms. The maximum atomic E-state index is 6.77. The average molecular weight is 1300 g/mol. The van der Waals surface area contributed by atoms with Crippen LogP contribution in [0, 0.1) is 13.8 Å². The molecule has 11 aromatic rings. The first kappa shape index (κ1) is 61.7. The van der Waals surface area contributed by atoms with Crippen LogP contribution in [0.3, 0.4) is 0 Å². The van der Waals surface area contributed by atoms with Crippen molar-refractivity contribution in [3.8, 4) is 113 Å². The summed E-state index contributed by atoms with van der Waals surface area (Å²) in [5.41, 5.74) is 6.49. The highest BCUT2D eigenvalue weighted by Crippen LogP contribution is 2.54. The van der Waals surface area contributed by atoms with Gasteiger partial charge >= 0.3 is 0 Å². The average Bonchev–Trinajstić information content (AvgIpc) is 2.77. The molecule has 0 aliphatic rings. The Morgan fingerprint density at radius 3 is 1.06 bits per heavy atom. The van der Waals surface area contributed by atoms with Crippen LogP contribution >= 0.6 is 102 Å². The topological polar surface area (TPSA) is 62.7 Å². The summed E-state index contributed by atoms with van der Waals surface area (Å²) in [7, 11) is 0. The van der Waals surface area contributed by atoms with Crippen molar-refractivity contribution in [2.75, 3.05) is 26.4 Å². The Morgan fingerprint density at radius 1 is 0.318 bits per heavy atom. The number of hydrogen-bond donors (Lipinski definition) is 0. The van der Waals surface area contributed by atoms with Gasteiger partial charge in [-0.2, -0.15) is 8.75 Å². The molecule has 0 atom stereocenters. The summed E-state index contributed by atoms with van der Waals surface area (Å²) in [4.78, 5) is 19.5. The van der Waals surface area contributed by atoms with Gasteiger partial charge in [-0.05, 0) is 118 Å². The van der Waals surface area contributed by atoms with Crippen molar-refractivity contribution >= 4 is 113 Å². The SMILES string of the molecule is CCCCCCOc1cc(C)sc1-c1ccc(-c2ccc(-c3sc(-c4ccc(-c5cc(OCCCCCC)c(-c6ccc(-c7ccc(-c8sc(-c9cccc(C)c9)cc8OCCCCCC)s7)s6)s5)c5nsnc45)cc3OCCCCCC)s2)s1. The first-order valence-electron chi connectivity index (χ1n) is 30.6. The van der Waals surface area contributed by atoms with Crippen molar-refractivity contribution in [3.63, 3.8) is 0 Å². The summed E-state index contributed by atoms with van der Waals surface area (Å²) in [6.07, 6.45) is 18.7. The van der Waals surface area contributed by atoms with Gasteiger partial charge in [0.05, 0.1) is 57.7 Å². The van der Waals surface area contributed by atoms with Gasteiger partial charge in [0.25, 0.3) is 0 Å². The summed E-state index contributed by atoms with van der Waals surface area (Å²) in [6, 6.07) is 40.6. The molecule has 15 heteroatoms. The lowest BCUT2D eigenvalue weighted by atomic mass is 10.1. The molecule has 0 aliphatic carbocycles. The minimum atomic E-state index is 0.685. The first-order valence-corrected chi connectivity index (χ1v) is 37.8. The number of ether oxygens (including phenoxy) is 4. The zero-order chi connectivity index (χ0) is 58.5. The smallest absolute Gasteiger partial charge is 0.139 e. The van der Waals surface area contributed by atoms with E-state index in [0.717, 1.165) is 116 Å². The molecule has 0 saturated carbocycles. The monoisotopic (exact) mass is 1300 g/mol. The number of nitrogens with zero attached hydrogens (tertiary/aromatic N) is 2. The van der Waals surface area contributed by atoms with Gasteiger partial charge in [-0.15, -0.1) is 90.7 Å². The Hall–Kier alpha value is -4.94. The second-order valence-electron chi connectivity index (χ2n) is 21.7. The minimum Gasteiger partial charge on any atom is -0.492 e. The summed E-state index contributed by atoms with van der Waals surface area (Å²) < 4.78 is 36.5. The number of aromatic nitrogens is 2. The Balaban J connectivity index is 0.869. The van der Waals surface area contributed by atoms with Crippen molar-refractivity contribution < 1.29 is 18.9 Å². The van der Waals surface area contributed by atoms with E-state index in [0.29, 0.717) is 13.2 Å². The highest BCUT2D eigenvalue weighted by molar-refractivity contribution is 7.30. The summed E-state index contributed by atoms with van der Waals surface area (Å²) in [6.45, 7) is 16.2. The molecule has 0 unspecified atom stereocenters. The fraction of sp³-hybridized carbons (Fsp3) is 0.371. The van der Waals surface area contributed by atoms with Crippen LogP contribution in [0.25, 0.3) is 101 Å². The third-order valence-electron chi connectivity index (χ3n) is 15.0. The van der Waals surface area contributed by atoms with Gasteiger partial charge in [0.15, 0.2) is 0 Å². The van der Waals surface area contributed by atoms with E-state index in [1.165, 1.54) is 146 Å². The largest absolute Gasteiger partial charge is 0.492 e. The Labute approximate surface area is 539 Å². The Morgan fingerprint density at radius 2 is 0.671 bits per heavy atom. The van der Waals surface area contributed by atoms with Gasteiger partial charge in [-0.25, -0.2) is 0 Å². The first-order chi connectivity index (χ1) is 41.8. The van der Waals surface area contributed by atoms with Crippen molar-refractivity contribution in [2.45, 2.75) is 144 Å². The number of fused-ring (bicyclic) bond motifs is 1. The fourth-order valence-electron chi connectivity index (χ4n) is 10.4. The van der Waals surface area contributed by atoms with Gasteiger partial charge in [-0.1, -0.05) is 147 Å². The molecule has 85 heavy (non-hydrogen) atoms. The third kappa shape index (κ3) is 15.1. The highest BCUT2D eigenvalue weighted by Gasteiger charge is 2.25. The number of thiophene rings is 8. The van der Waals surface area contributed by atoms with Crippen LogP contribution in [0.2, 0.25) is 0 Å². The van der Waals surface area contributed by atoms with E-state index in [1.54, 1.807) is 22.7 Å². The van der Waals surface area contributed by atoms with Crippen LogP contribution in [-0.2, 0) is 0 Å². The molecule has 6 nitrogen and oxygen atoms in total. The maximum Gasteiger partial charge on any atom is 0.139 e. The second kappa shape index (κ2) is 30.3. The lowest BCUT2D eigenvalue weighted by Crippen LogP contribution is -1.96. The van der Waals surface area contributed by atoms with Gasteiger partial charge in [-0.3, -0.25) is 0 Å². The zero-order valence-corrected chi connectivity index (χ0v) is 57.1. The molecule has 11 rings (SSSR count). The molecule has 0 radical (unpaired) electrons. The summed E-state index contributed by atoms with van der Waals surface area (Å²) >= 11 is 15.9.